The predicted octanol–water partition coefficient (Wildman–Crippen LogP) is 4.35. The number of anilines is 1. The molecule has 0 aliphatic carbocycles. The van der Waals surface area contributed by atoms with Crippen molar-refractivity contribution in [1.82, 2.24) is 9.96 Å². The number of hydrogen-bond donors (Lipinski definition) is 2. The SMILES string of the molecule is O=C(Nc1ccccc1)Oc1cccc2c1[C@H]1CN(C(=O)N1OCc1ccccc1)[C@H]2C(=O)O. The van der Waals surface area contributed by atoms with Crippen LogP contribution in [0.1, 0.15) is 28.8 Å². The minimum atomic E-state index is -1.22. The molecule has 5 rings (SSSR count). The average molecular weight is 459 g/mol. The van der Waals surface area contributed by atoms with E-state index < -0.39 is 30.2 Å². The maximum absolute atomic E-state index is 13.1. The van der Waals surface area contributed by atoms with Gasteiger partial charge in [0.25, 0.3) is 0 Å². The largest absolute Gasteiger partial charge is 0.479 e. The minimum Gasteiger partial charge on any atom is -0.479 e. The number of hydroxylamine groups is 2. The van der Waals surface area contributed by atoms with Crippen LogP contribution in [0, 0.1) is 0 Å². The van der Waals surface area contributed by atoms with Crippen molar-refractivity contribution >= 4 is 23.8 Å². The van der Waals surface area contributed by atoms with Gasteiger partial charge in [0.1, 0.15) is 18.4 Å². The molecule has 2 aliphatic rings. The van der Waals surface area contributed by atoms with E-state index in [2.05, 4.69) is 5.32 Å². The summed E-state index contributed by atoms with van der Waals surface area (Å²) in [5.41, 5.74) is 2.23. The van der Waals surface area contributed by atoms with E-state index in [1.807, 2.05) is 36.4 Å². The maximum atomic E-state index is 13.1. The number of para-hydroxylation sites is 1. The molecule has 3 aromatic carbocycles. The second-order valence-corrected chi connectivity index (χ2v) is 7.92. The first kappa shape index (κ1) is 21.5. The number of carbonyl (C=O) groups is 3. The van der Waals surface area contributed by atoms with Crippen molar-refractivity contribution in [2.24, 2.45) is 0 Å². The van der Waals surface area contributed by atoms with Gasteiger partial charge >= 0.3 is 18.1 Å². The first-order chi connectivity index (χ1) is 16.5. The summed E-state index contributed by atoms with van der Waals surface area (Å²) < 4.78 is 5.59. The first-order valence-corrected chi connectivity index (χ1v) is 10.7. The quantitative estimate of drug-likeness (QED) is 0.568. The van der Waals surface area contributed by atoms with E-state index in [-0.39, 0.29) is 18.9 Å². The number of hydrogen-bond acceptors (Lipinski definition) is 5. The van der Waals surface area contributed by atoms with Gasteiger partial charge in [0.2, 0.25) is 0 Å². The lowest BCUT2D eigenvalue weighted by atomic mass is 9.90. The zero-order chi connectivity index (χ0) is 23.7. The Balaban J connectivity index is 1.46. The highest BCUT2D eigenvalue weighted by molar-refractivity contribution is 5.89. The second kappa shape index (κ2) is 8.87. The second-order valence-electron chi connectivity index (χ2n) is 7.92. The van der Waals surface area contributed by atoms with Crippen molar-refractivity contribution in [3.05, 3.63) is 95.6 Å². The highest BCUT2D eigenvalue weighted by atomic mass is 16.7. The normalized spacial score (nSPS) is 18.4. The number of amides is 3. The van der Waals surface area contributed by atoms with Crippen molar-refractivity contribution < 1.29 is 29.1 Å². The predicted molar refractivity (Wildman–Crippen MR) is 121 cm³/mol. The number of aliphatic carboxylic acids is 1. The van der Waals surface area contributed by atoms with E-state index in [4.69, 9.17) is 9.57 Å². The van der Waals surface area contributed by atoms with Crippen molar-refractivity contribution in [2.75, 3.05) is 11.9 Å². The highest BCUT2D eigenvalue weighted by Gasteiger charge is 2.52. The fourth-order valence-electron chi connectivity index (χ4n) is 4.33. The van der Waals surface area contributed by atoms with Gasteiger partial charge in [-0.15, -0.1) is 0 Å². The third-order valence-corrected chi connectivity index (χ3v) is 5.80. The molecule has 0 saturated carbocycles. The summed E-state index contributed by atoms with van der Waals surface area (Å²) in [5, 5.41) is 13.7. The molecule has 2 heterocycles. The van der Waals surface area contributed by atoms with Crippen LogP contribution in [0.3, 0.4) is 0 Å². The molecule has 2 atom stereocenters. The lowest BCUT2D eigenvalue weighted by Crippen LogP contribution is -2.38. The van der Waals surface area contributed by atoms with Crippen LogP contribution in [-0.4, -0.2) is 39.7 Å². The molecular weight excluding hydrogens is 438 g/mol. The molecule has 0 spiro atoms. The third kappa shape index (κ3) is 3.93. The van der Waals surface area contributed by atoms with Crippen LogP contribution < -0.4 is 10.1 Å². The number of nitrogens with one attached hydrogen (secondary N) is 1. The molecule has 3 aromatic rings. The number of carboxylic acids is 1. The van der Waals surface area contributed by atoms with Crippen LogP contribution in [0.25, 0.3) is 0 Å². The van der Waals surface area contributed by atoms with Gasteiger partial charge in [-0.25, -0.2) is 14.4 Å². The summed E-state index contributed by atoms with van der Waals surface area (Å²) >= 11 is 0. The number of nitrogens with zero attached hydrogens (tertiary/aromatic N) is 2. The molecule has 9 heteroatoms. The molecule has 34 heavy (non-hydrogen) atoms. The number of benzene rings is 3. The molecule has 2 aliphatic heterocycles. The van der Waals surface area contributed by atoms with Crippen molar-refractivity contribution in [1.29, 1.82) is 0 Å². The molecule has 0 unspecified atom stereocenters. The summed E-state index contributed by atoms with van der Waals surface area (Å²) in [4.78, 5) is 44.9. The average Bonchev–Trinajstić information content (AvgIpc) is 3.10. The topological polar surface area (TPSA) is 108 Å². The molecule has 2 bridgehead atoms. The number of fused-ring (bicyclic) bond motifs is 4. The third-order valence-electron chi connectivity index (χ3n) is 5.80. The Morgan fingerprint density at radius 3 is 2.38 bits per heavy atom. The van der Waals surface area contributed by atoms with Gasteiger partial charge in [0, 0.05) is 11.3 Å². The lowest BCUT2D eigenvalue weighted by molar-refractivity contribution is -0.143. The Labute approximate surface area is 195 Å². The molecule has 0 aromatic heterocycles. The van der Waals surface area contributed by atoms with Gasteiger partial charge in [-0.2, -0.15) is 5.06 Å². The Kier molecular flexibility index (Phi) is 5.60. The van der Waals surface area contributed by atoms with Gasteiger partial charge in [0.15, 0.2) is 6.04 Å². The summed E-state index contributed by atoms with van der Waals surface area (Å²) in [7, 11) is 0. The van der Waals surface area contributed by atoms with Crippen molar-refractivity contribution in [3.8, 4) is 5.75 Å². The molecule has 172 valence electrons. The van der Waals surface area contributed by atoms with E-state index in [9.17, 15) is 19.5 Å². The van der Waals surface area contributed by atoms with E-state index in [1.165, 1.54) is 9.96 Å². The molecule has 0 radical (unpaired) electrons. The van der Waals surface area contributed by atoms with Crippen LogP contribution >= 0.6 is 0 Å². The van der Waals surface area contributed by atoms with E-state index in [0.717, 1.165) is 5.56 Å². The highest BCUT2D eigenvalue weighted by Crippen LogP contribution is 2.47. The fourth-order valence-corrected chi connectivity index (χ4v) is 4.33. The standard InChI is InChI=1S/C25H21N3O6/c29-23(30)22-18-12-7-13-20(34-24(31)26-17-10-5-2-6-11-17)21(18)19-14-27(22)25(32)28(19)33-15-16-8-3-1-4-9-16/h1-13,19,22H,14-15H2,(H,26,31)(H,29,30)/t19-,22-/m1/s1. The smallest absolute Gasteiger partial charge is 0.417 e. The number of ether oxygens (including phenoxy) is 1. The zero-order valence-corrected chi connectivity index (χ0v) is 18.0. The maximum Gasteiger partial charge on any atom is 0.417 e. The monoisotopic (exact) mass is 459 g/mol. The van der Waals surface area contributed by atoms with E-state index in [0.29, 0.717) is 16.8 Å². The Bertz CT molecular complexity index is 1230. The van der Waals surface area contributed by atoms with Gasteiger partial charge in [0.05, 0.1) is 6.54 Å². The van der Waals surface area contributed by atoms with Gasteiger partial charge in [-0.05, 0) is 29.3 Å². The van der Waals surface area contributed by atoms with Crippen molar-refractivity contribution in [2.45, 2.75) is 18.7 Å². The Morgan fingerprint density at radius 2 is 1.68 bits per heavy atom. The van der Waals surface area contributed by atoms with Gasteiger partial charge < -0.3 is 14.7 Å². The number of carboxylic acid groups (broad SMARTS) is 1. The van der Waals surface area contributed by atoms with Gasteiger partial charge in [-0.1, -0.05) is 60.7 Å². The van der Waals surface area contributed by atoms with E-state index in [1.54, 1.807) is 42.5 Å². The van der Waals surface area contributed by atoms with Crippen LogP contribution in [0.5, 0.6) is 5.75 Å². The molecule has 1 fully saturated rings. The van der Waals surface area contributed by atoms with Crippen LogP contribution in [0.4, 0.5) is 15.3 Å². The fraction of sp³-hybridized carbons (Fsp3) is 0.160. The van der Waals surface area contributed by atoms with Crippen LogP contribution in [-0.2, 0) is 16.2 Å². The lowest BCUT2D eigenvalue weighted by Gasteiger charge is -2.31. The van der Waals surface area contributed by atoms with Crippen molar-refractivity contribution in [3.63, 3.8) is 0 Å². The molecule has 3 amide bonds. The van der Waals surface area contributed by atoms with Crippen LogP contribution in [0.2, 0.25) is 0 Å². The molecule has 1 saturated heterocycles. The zero-order valence-electron chi connectivity index (χ0n) is 18.0. The summed E-state index contributed by atoms with van der Waals surface area (Å²) in [6, 6.07) is 20.5. The molecule has 2 N–H and O–H groups in total. The van der Waals surface area contributed by atoms with E-state index >= 15 is 0 Å². The summed E-state index contributed by atoms with van der Waals surface area (Å²) in [6.07, 6.45) is -0.727. The molecule has 9 nitrogen and oxygen atoms in total. The Hall–Kier alpha value is -4.37. The number of urea groups is 1. The van der Waals surface area contributed by atoms with Crippen LogP contribution in [0.15, 0.2) is 78.9 Å². The minimum absolute atomic E-state index is 0.0955. The Morgan fingerprint density at radius 1 is 0.971 bits per heavy atom. The number of carbonyl (C=O) groups excluding carboxylic acids is 2. The first-order valence-electron chi connectivity index (χ1n) is 10.7. The number of rotatable bonds is 6. The van der Waals surface area contributed by atoms with Gasteiger partial charge in [-0.3, -0.25) is 10.2 Å². The summed E-state index contributed by atoms with van der Waals surface area (Å²) in [5.74, 6) is -1.01. The molecular formula is C25H21N3O6. The summed E-state index contributed by atoms with van der Waals surface area (Å²) in [6.45, 7) is 0.222.